The highest BCUT2D eigenvalue weighted by atomic mass is 16.2. The molecule has 2 aliphatic heterocycles. The fourth-order valence-electron chi connectivity index (χ4n) is 2.94. The number of hydrogen-bond donors (Lipinski definition) is 1. The van der Waals surface area contributed by atoms with Crippen molar-refractivity contribution in [2.45, 2.75) is 25.4 Å². The molecule has 0 unspecified atom stereocenters. The number of likely N-dealkylation sites (tertiary alicyclic amines) is 1. The van der Waals surface area contributed by atoms with Gasteiger partial charge in [0.1, 0.15) is 0 Å². The van der Waals surface area contributed by atoms with Crippen molar-refractivity contribution < 1.29 is 4.79 Å². The molecule has 1 saturated heterocycles. The third-order valence-electron chi connectivity index (χ3n) is 4.09. The molecule has 0 radical (unpaired) electrons. The van der Waals surface area contributed by atoms with Crippen molar-refractivity contribution in [2.75, 3.05) is 25.9 Å². The van der Waals surface area contributed by atoms with Crippen LogP contribution in [0.15, 0.2) is 18.2 Å². The molecule has 0 aromatic heterocycles. The van der Waals surface area contributed by atoms with Crippen LogP contribution in [0.25, 0.3) is 0 Å². The summed E-state index contributed by atoms with van der Waals surface area (Å²) in [5.41, 5.74) is 8.35. The predicted octanol–water partition coefficient (Wildman–Crippen LogP) is 1.32. The molecule has 0 aliphatic carbocycles. The van der Waals surface area contributed by atoms with Gasteiger partial charge in [0.15, 0.2) is 0 Å². The van der Waals surface area contributed by atoms with E-state index >= 15 is 0 Å². The fraction of sp³-hybridized carbons (Fsp3) is 0.500. The van der Waals surface area contributed by atoms with Crippen molar-refractivity contribution >= 4 is 11.6 Å². The van der Waals surface area contributed by atoms with E-state index < -0.39 is 0 Å². The minimum absolute atomic E-state index is 0.159. The molecule has 4 nitrogen and oxygen atoms in total. The van der Waals surface area contributed by atoms with Crippen molar-refractivity contribution in [1.82, 2.24) is 9.80 Å². The summed E-state index contributed by atoms with van der Waals surface area (Å²) in [5, 5.41) is 0. The molecule has 0 saturated carbocycles. The molecule has 1 aromatic carbocycles. The molecule has 1 aromatic rings. The maximum Gasteiger partial charge on any atom is 0.254 e. The highest BCUT2D eigenvalue weighted by Crippen LogP contribution is 2.29. The van der Waals surface area contributed by atoms with E-state index in [9.17, 15) is 4.79 Å². The number of carbonyl (C=O) groups excluding carboxylic acids is 1. The van der Waals surface area contributed by atoms with Gasteiger partial charge in [0.2, 0.25) is 0 Å². The smallest absolute Gasteiger partial charge is 0.254 e. The largest absolute Gasteiger partial charge is 0.399 e. The Hall–Kier alpha value is -1.55. The molecule has 18 heavy (non-hydrogen) atoms. The molecular formula is C14H19N3O. The quantitative estimate of drug-likeness (QED) is 0.759. The molecule has 2 N–H and O–H groups in total. The van der Waals surface area contributed by atoms with Crippen LogP contribution in [0.5, 0.6) is 0 Å². The summed E-state index contributed by atoms with van der Waals surface area (Å²) in [5.74, 6) is 0.159. The Morgan fingerprint density at radius 2 is 2.00 bits per heavy atom. The van der Waals surface area contributed by atoms with Crippen molar-refractivity contribution in [3.05, 3.63) is 29.3 Å². The van der Waals surface area contributed by atoms with E-state index in [1.54, 1.807) is 0 Å². The molecule has 4 heteroatoms. The molecule has 2 heterocycles. The lowest BCUT2D eigenvalue weighted by Gasteiger charge is -2.34. The zero-order valence-corrected chi connectivity index (χ0v) is 10.7. The van der Waals surface area contributed by atoms with E-state index in [4.69, 9.17) is 5.73 Å². The number of benzene rings is 1. The van der Waals surface area contributed by atoms with E-state index in [-0.39, 0.29) is 5.91 Å². The Morgan fingerprint density at radius 3 is 2.72 bits per heavy atom. The number of piperidine rings is 1. The zero-order chi connectivity index (χ0) is 12.7. The number of anilines is 1. The third-order valence-corrected chi connectivity index (χ3v) is 4.09. The summed E-state index contributed by atoms with van der Waals surface area (Å²) in [4.78, 5) is 16.7. The number of carbonyl (C=O) groups is 1. The first-order valence-electron chi connectivity index (χ1n) is 6.53. The predicted molar refractivity (Wildman–Crippen MR) is 71.2 cm³/mol. The van der Waals surface area contributed by atoms with E-state index in [1.165, 1.54) is 0 Å². The van der Waals surface area contributed by atoms with E-state index in [2.05, 4.69) is 11.9 Å². The molecule has 3 rings (SSSR count). The second-order valence-electron chi connectivity index (χ2n) is 5.38. The summed E-state index contributed by atoms with van der Waals surface area (Å²) in [6.45, 7) is 2.91. The average Bonchev–Trinajstić information content (AvgIpc) is 2.68. The Bertz CT molecular complexity index is 478. The van der Waals surface area contributed by atoms with Crippen LogP contribution in [0.4, 0.5) is 5.69 Å². The van der Waals surface area contributed by atoms with Crippen LogP contribution in [-0.4, -0.2) is 41.9 Å². The van der Waals surface area contributed by atoms with Gasteiger partial charge in [-0.1, -0.05) is 6.07 Å². The molecule has 96 valence electrons. The molecule has 0 spiro atoms. The second-order valence-corrected chi connectivity index (χ2v) is 5.38. The molecule has 0 bridgehead atoms. The van der Waals surface area contributed by atoms with Crippen LogP contribution < -0.4 is 5.73 Å². The van der Waals surface area contributed by atoms with Gasteiger partial charge in [-0.15, -0.1) is 0 Å². The lowest BCUT2D eigenvalue weighted by Crippen LogP contribution is -2.43. The van der Waals surface area contributed by atoms with Gasteiger partial charge >= 0.3 is 0 Å². The van der Waals surface area contributed by atoms with Gasteiger partial charge in [-0.25, -0.2) is 0 Å². The van der Waals surface area contributed by atoms with Gasteiger partial charge in [0.05, 0.1) is 0 Å². The summed E-state index contributed by atoms with van der Waals surface area (Å²) in [6.07, 6.45) is 2.15. The Labute approximate surface area is 107 Å². The summed E-state index contributed by atoms with van der Waals surface area (Å²) >= 11 is 0. The number of nitrogen functional groups attached to an aromatic ring is 1. The maximum atomic E-state index is 12.4. The lowest BCUT2D eigenvalue weighted by atomic mass is 10.0. The lowest BCUT2D eigenvalue weighted by molar-refractivity contribution is 0.0617. The number of rotatable bonds is 1. The first-order valence-corrected chi connectivity index (χ1v) is 6.53. The highest BCUT2D eigenvalue weighted by molar-refractivity contribution is 5.99. The van der Waals surface area contributed by atoms with Crippen molar-refractivity contribution in [2.24, 2.45) is 0 Å². The summed E-state index contributed by atoms with van der Waals surface area (Å²) < 4.78 is 0. The van der Waals surface area contributed by atoms with Crippen LogP contribution in [0.2, 0.25) is 0 Å². The van der Waals surface area contributed by atoms with E-state index in [1.807, 2.05) is 23.1 Å². The Kier molecular flexibility index (Phi) is 2.74. The molecule has 0 atom stereocenters. The average molecular weight is 245 g/mol. The zero-order valence-electron chi connectivity index (χ0n) is 10.7. The number of amides is 1. The first kappa shape index (κ1) is 11.5. The van der Waals surface area contributed by atoms with Crippen molar-refractivity contribution in [1.29, 1.82) is 0 Å². The maximum absolute atomic E-state index is 12.4. The Balaban J connectivity index is 1.80. The van der Waals surface area contributed by atoms with Crippen LogP contribution in [0.1, 0.15) is 28.8 Å². The Morgan fingerprint density at radius 1 is 1.28 bits per heavy atom. The minimum Gasteiger partial charge on any atom is -0.399 e. The molecule has 1 amide bonds. The van der Waals surface area contributed by atoms with Gasteiger partial charge < -0.3 is 15.5 Å². The first-order chi connectivity index (χ1) is 8.65. The molecule has 2 aliphatic rings. The molecule has 1 fully saturated rings. The number of nitrogens with zero attached hydrogens (tertiary/aromatic N) is 2. The van der Waals surface area contributed by atoms with Crippen molar-refractivity contribution in [3.8, 4) is 0 Å². The van der Waals surface area contributed by atoms with Crippen LogP contribution >= 0.6 is 0 Å². The summed E-state index contributed by atoms with van der Waals surface area (Å²) in [7, 11) is 2.14. The van der Waals surface area contributed by atoms with Gasteiger partial charge in [-0.2, -0.15) is 0 Å². The van der Waals surface area contributed by atoms with Gasteiger partial charge in [-0.05, 0) is 50.7 Å². The SMILES string of the molecule is CN1CCC(N2Cc3ccc(N)cc3C2=O)CC1. The monoisotopic (exact) mass is 245 g/mol. The standard InChI is InChI=1S/C14H19N3O/c1-16-6-4-12(5-7-16)17-9-10-2-3-11(15)8-13(10)14(17)18/h2-3,8,12H,4-7,9,15H2,1H3. The van der Waals surface area contributed by atoms with E-state index in [0.29, 0.717) is 11.7 Å². The highest BCUT2D eigenvalue weighted by Gasteiger charge is 2.33. The van der Waals surface area contributed by atoms with Crippen LogP contribution in [0.3, 0.4) is 0 Å². The van der Waals surface area contributed by atoms with Crippen LogP contribution in [0, 0.1) is 0 Å². The third kappa shape index (κ3) is 1.86. The number of hydrogen-bond acceptors (Lipinski definition) is 3. The fourth-order valence-corrected chi connectivity index (χ4v) is 2.94. The number of nitrogens with two attached hydrogens (primary N) is 1. The number of fused-ring (bicyclic) bond motifs is 1. The summed E-state index contributed by atoms with van der Waals surface area (Å²) in [6, 6.07) is 6.07. The normalized spacial score (nSPS) is 21.4. The topological polar surface area (TPSA) is 49.6 Å². The van der Waals surface area contributed by atoms with Crippen LogP contribution in [-0.2, 0) is 6.54 Å². The van der Waals surface area contributed by atoms with E-state index in [0.717, 1.165) is 43.6 Å². The second kappa shape index (κ2) is 4.28. The van der Waals surface area contributed by atoms with Gasteiger partial charge in [0.25, 0.3) is 5.91 Å². The van der Waals surface area contributed by atoms with Gasteiger partial charge in [-0.3, -0.25) is 4.79 Å². The minimum atomic E-state index is 0.159. The van der Waals surface area contributed by atoms with Gasteiger partial charge in [0, 0.05) is 23.8 Å². The van der Waals surface area contributed by atoms with Crippen molar-refractivity contribution in [3.63, 3.8) is 0 Å². The molecular weight excluding hydrogens is 226 g/mol.